The van der Waals surface area contributed by atoms with Crippen molar-refractivity contribution in [3.63, 3.8) is 0 Å². The highest BCUT2D eigenvalue weighted by Gasteiger charge is 2.02. The van der Waals surface area contributed by atoms with Crippen LogP contribution in [0, 0.1) is 4.64 Å². The largest absolute Gasteiger partial charge is 0.478 e. The molecule has 1 aromatic heterocycles. The average Bonchev–Trinajstić information content (AvgIpc) is 2.65. The van der Waals surface area contributed by atoms with Gasteiger partial charge in [0.1, 0.15) is 0 Å². The second-order valence-corrected chi connectivity index (χ2v) is 4.13. The third-order valence-corrected chi connectivity index (χ3v) is 2.95. The predicted molar refractivity (Wildman–Crippen MR) is 62.5 cm³/mol. The summed E-state index contributed by atoms with van der Waals surface area (Å²) in [7, 11) is 0. The maximum atomic E-state index is 10.8. The standard InChI is InChI=1S/C9H7N3O2S2/c13-9(14)5-2-1-3-6(4-5)10-8-7(15)11-12-16-8/h1-4,12H,(H,11,15)(H,13,14). The van der Waals surface area contributed by atoms with Crippen LogP contribution in [0.5, 0.6) is 0 Å². The summed E-state index contributed by atoms with van der Waals surface area (Å²) in [5, 5.41) is 11.5. The van der Waals surface area contributed by atoms with E-state index in [2.05, 4.69) is 14.6 Å². The van der Waals surface area contributed by atoms with Crippen LogP contribution in [0.15, 0.2) is 29.3 Å². The first-order valence-corrected chi connectivity index (χ1v) is 5.53. The minimum Gasteiger partial charge on any atom is -0.478 e. The van der Waals surface area contributed by atoms with Gasteiger partial charge in [0, 0.05) is 0 Å². The molecule has 0 aliphatic carbocycles. The molecule has 3 N–H and O–H groups in total. The van der Waals surface area contributed by atoms with Gasteiger partial charge in [-0.05, 0) is 29.7 Å². The zero-order valence-electron chi connectivity index (χ0n) is 7.93. The quantitative estimate of drug-likeness (QED) is 0.716. The first-order chi connectivity index (χ1) is 7.66. The molecule has 0 aliphatic rings. The lowest BCUT2D eigenvalue weighted by atomic mass is 10.2. The SMILES string of the molecule is O=C(O)c1cccc(N=c2s[nH][nH]c2=S)c1. The molecule has 0 atom stereocenters. The average molecular weight is 253 g/mol. The van der Waals surface area contributed by atoms with Crippen molar-refractivity contribution in [3.8, 4) is 0 Å². The lowest BCUT2D eigenvalue weighted by Crippen LogP contribution is -1.96. The number of rotatable bonds is 2. The molecule has 0 saturated carbocycles. The van der Waals surface area contributed by atoms with Crippen LogP contribution in [0.2, 0.25) is 0 Å². The van der Waals surface area contributed by atoms with Gasteiger partial charge in [-0.1, -0.05) is 18.3 Å². The number of nitrogens with zero attached hydrogens (tertiary/aromatic N) is 1. The van der Waals surface area contributed by atoms with E-state index in [0.29, 0.717) is 15.0 Å². The lowest BCUT2D eigenvalue weighted by molar-refractivity contribution is 0.0697. The zero-order chi connectivity index (χ0) is 11.5. The Kier molecular flexibility index (Phi) is 2.97. The summed E-state index contributed by atoms with van der Waals surface area (Å²) < 4.78 is 3.89. The van der Waals surface area contributed by atoms with Gasteiger partial charge in [0.05, 0.1) is 11.3 Å². The minimum absolute atomic E-state index is 0.205. The van der Waals surface area contributed by atoms with Crippen molar-refractivity contribution in [2.75, 3.05) is 0 Å². The lowest BCUT2D eigenvalue weighted by Gasteiger charge is -1.94. The summed E-state index contributed by atoms with van der Waals surface area (Å²) >= 11 is 6.24. The highest BCUT2D eigenvalue weighted by molar-refractivity contribution is 7.71. The van der Waals surface area contributed by atoms with Gasteiger partial charge in [-0.15, -0.1) is 0 Å². The number of aromatic amines is 2. The van der Waals surface area contributed by atoms with Crippen molar-refractivity contribution >= 4 is 35.4 Å². The van der Waals surface area contributed by atoms with E-state index in [1.54, 1.807) is 12.1 Å². The van der Waals surface area contributed by atoms with E-state index in [0.717, 1.165) is 0 Å². The van der Waals surface area contributed by atoms with Crippen molar-refractivity contribution in [1.82, 2.24) is 9.59 Å². The molecule has 0 saturated heterocycles. The summed E-state index contributed by atoms with van der Waals surface area (Å²) in [4.78, 5) is 15.0. The van der Waals surface area contributed by atoms with E-state index in [4.69, 9.17) is 17.3 Å². The van der Waals surface area contributed by atoms with Crippen LogP contribution < -0.4 is 4.67 Å². The molecule has 2 rings (SSSR count). The summed E-state index contributed by atoms with van der Waals surface area (Å²) in [5.74, 6) is -0.972. The number of carbonyl (C=O) groups is 1. The fourth-order valence-electron chi connectivity index (χ4n) is 1.12. The Bertz CT molecular complexity index is 638. The van der Waals surface area contributed by atoms with E-state index in [-0.39, 0.29) is 5.56 Å². The number of carboxylic acids is 1. The predicted octanol–water partition coefficient (Wildman–Crippen LogP) is 2.06. The van der Waals surface area contributed by atoms with Crippen molar-refractivity contribution in [2.24, 2.45) is 4.99 Å². The molecular formula is C9H7N3O2S2. The Labute approximate surface area is 99.3 Å². The van der Waals surface area contributed by atoms with E-state index < -0.39 is 5.97 Å². The van der Waals surface area contributed by atoms with E-state index in [9.17, 15) is 4.79 Å². The summed E-state index contributed by atoms with van der Waals surface area (Å²) in [6.45, 7) is 0. The number of aromatic carboxylic acids is 1. The molecule has 82 valence electrons. The van der Waals surface area contributed by atoms with Crippen molar-refractivity contribution in [3.05, 3.63) is 39.1 Å². The number of hydrogen-bond donors (Lipinski definition) is 3. The number of benzene rings is 1. The van der Waals surface area contributed by atoms with Crippen molar-refractivity contribution in [2.45, 2.75) is 0 Å². The molecule has 7 heteroatoms. The first-order valence-electron chi connectivity index (χ1n) is 4.31. The van der Waals surface area contributed by atoms with Crippen LogP contribution in [0.25, 0.3) is 0 Å². The highest BCUT2D eigenvalue weighted by atomic mass is 32.1. The Hall–Kier alpha value is -1.73. The number of aromatic nitrogens is 2. The second-order valence-electron chi connectivity index (χ2n) is 2.93. The summed E-state index contributed by atoms with van der Waals surface area (Å²) in [6.07, 6.45) is 0. The van der Waals surface area contributed by atoms with Crippen molar-refractivity contribution in [1.29, 1.82) is 0 Å². The molecule has 1 heterocycles. The van der Waals surface area contributed by atoms with Crippen LogP contribution in [-0.4, -0.2) is 20.7 Å². The summed E-state index contributed by atoms with van der Waals surface area (Å²) in [6, 6.07) is 6.38. The fraction of sp³-hybridized carbons (Fsp3) is 0. The third kappa shape index (κ3) is 2.26. The molecule has 16 heavy (non-hydrogen) atoms. The molecule has 0 fully saturated rings. The van der Waals surface area contributed by atoms with Gasteiger partial charge in [0.25, 0.3) is 0 Å². The van der Waals surface area contributed by atoms with Gasteiger partial charge in [-0.2, -0.15) is 0 Å². The molecule has 5 nitrogen and oxygen atoms in total. The highest BCUT2D eigenvalue weighted by Crippen LogP contribution is 2.13. The molecule has 0 spiro atoms. The monoisotopic (exact) mass is 253 g/mol. The van der Waals surface area contributed by atoms with E-state index in [1.165, 1.54) is 23.7 Å². The van der Waals surface area contributed by atoms with Crippen LogP contribution >= 0.6 is 23.8 Å². The van der Waals surface area contributed by atoms with Crippen LogP contribution in [0.1, 0.15) is 10.4 Å². The minimum atomic E-state index is -0.972. The van der Waals surface area contributed by atoms with E-state index in [1.807, 2.05) is 0 Å². The third-order valence-electron chi connectivity index (χ3n) is 1.83. The number of carboxylic acid groups (broad SMARTS) is 1. The molecule has 2 aromatic rings. The Balaban J connectivity index is 2.51. The Morgan fingerprint density at radius 2 is 2.31 bits per heavy atom. The van der Waals surface area contributed by atoms with Crippen LogP contribution in [0.3, 0.4) is 0 Å². The maximum Gasteiger partial charge on any atom is 0.335 e. The van der Waals surface area contributed by atoms with Gasteiger partial charge < -0.3 is 5.11 Å². The van der Waals surface area contributed by atoms with Gasteiger partial charge in [0.2, 0.25) is 0 Å². The van der Waals surface area contributed by atoms with Crippen molar-refractivity contribution < 1.29 is 9.90 Å². The number of nitrogens with one attached hydrogen (secondary N) is 2. The molecule has 0 radical (unpaired) electrons. The molecule has 0 aliphatic heterocycles. The first kappa shape index (κ1) is 10.8. The topological polar surface area (TPSA) is 81.2 Å². The van der Waals surface area contributed by atoms with E-state index >= 15 is 0 Å². The molecule has 1 aromatic carbocycles. The normalized spacial score (nSPS) is 11.6. The Morgan fingerprint density at radius 3 is 2.94 bits per heavy atom. The molecule has 0 amide bonds. The maximum absolute atomic E-state index is 10.8. The molecule has 0 bridgehead atoms. The van der Waals surface area contributed by atoms with Gasteiger partial charge >= 0.3 is 5.97 Å². The number of hydrogen-bond acceptors (Lipinski definition) is 4. The van der Waals surface area contributed by atoms with Gasteiger partial charge in [-0.25, -0.2) is 9.79 Å². The van der Waals surface area contributed by atoms with Gasteiger partial charge in [-0.3, -0.25) is 9.59 Å². The van der Waals surface area contributed by atoms with Crippen LogP contribution in [-0.2, 0) is 0 Å². The zero-order valence-corrected chi connectivity index (χ0v) is 9.56. The molecule has 0 unspecified atom stereocenters. The fourth-order valence-corrected chi connectivity index (χ4v) is 1.95. The van der Waals surface area contributed by atoms with Gasteiger partial charge in [0.15, 0.2) is 9.31 Å². The molecular weight excluding hydrogens is 246 g/mol. The second kappa shape index (κ2) is 4.42. The summed E-state index contributed by atoms with van der Waals surface area (Å²) in [5.41, 5.74) is 0.770. The number of H-pyrrole nitrogens is 2. The van der Waals surface area contributed by atoms with Crippen LogP contribution in [0.4, 0.5) is 5.69 Å². The smallest absolute Gasteiger partial charge is 0.335 e. The Morgan fingerprint density at radius 1 is 1.50 bits per heavy atom.